The molecule has 2 aromatic heterocycles. The Kier molecular flexibility index (Phi) is 4.16. The van der Waals surface area contributed by atoms with E-state index < -0.39 is 0 Å². The molecule has 21 heavy (non-hydrogen) atoms. The molecule has 1 atom stereocenters. The second-order valence-corrected chi connectivity index (χ2v) is 5.77. The van der Waals surface area contributed by atoms with Gasteiger partial charge in [-0.2, -0.15) is 4.98 Å². The van der Waals surface area contributed by atoms with Crippen LogP contribution in [0.1, 0.15) is 18.7 Å². The number of likely N-dealkylation sites (tertiary alicyclic amines) is 1. The van der Waals surface area contributed by atoms with Gasteiger partial charge in [0.2, 0.25) is 0 Å². The molecule has 0 spiro atoms. The van der Waals surface area contributed by atoms with Crippen molar-refractivity contribution in [3.05, 3.63) is 23.3 Å². The van der Waals surface area contributed by atoms with Gasteiger partial charge in [0.25, 0.3) is 5.89 Å². The maximum Gasteiger partial charge on any atom is 0.318 e. The summed E-state index contributed by atoms with van der Waals surface area (Å²) in [5, 5.41) is 17.8. The Bertz CT molecular complexity index is 598. The van der Waals surface area contributed by atoms with Gasteiger partial charge in [0.15, 0.2) is 5.82 Å². The van der Waals surface area contributed by atoms with Crippen LogP contribution in [-0.2, 0) is 6.54 Å². The van der Waals surface area contributed by atoms with E-state index in [0.29, 0.717) is 18.3 Å². The molecule has 2 aromatic rings. The first kappa shape index (κ1) is 14.0. The van der Waals surface area contributed by atoms with Crippen LogP contribution in [0, 0.1) is 0 Å². The van der Waals surface area contributed by atoms with Gasteiger partial charge in [-0.25, -0.2) is 4.79 Å². The molecule has 1 aliphatic rings. The molecular weight excluding hydrogens is 292 g/mol. The average Bonchev–Trinajstić information content (AvgIpc) is 3.24. The monoisotopic (exact) mass is 308 g/mol. The molecule has 0 radical (unpaired) electrons. The van der Waals surface area contributed by atoms with Crippen molar-refractivity contribution in [1.82, 2.24) is 20.4 Å². The molecule has 112 valence electrons. The summed E-state index contributed by atoms with van der Waals surface area (Å²) >= 11 is 1.52. The van der Waals surface area contributed by atoms with E-state index in [9.17, 15) is 9.90 Å². The summed E-state index contributed by atoms with van der Waals surface area (Å²) in [5.41, 5.74) is 0. The molecular formula is C13H16N4O3S. The summed E-state index contributed by atoms with van der Waals surface area (Å²) in [6.07, 6.45) is 1.76. The van der Waals surface area contributed by atoms with Gasteiger partial charge in [-0.3, -0.25) is 0 Å². The van der Waals surface area contributed by atoms with Crippen molar-refractivity contribution in [3.63, 3.8) is 0 Å². The van der Waals surface area contributed by atoms with Crippen LogP contribution in [0.2, 0.25) is 0 Å². The third kappa shape index (κ3) is 3.06. The Labute approximate surface area is 125 Å². The Balaban J connectivity index is 1.57. The molecule has 1 saturated heterocycles. The number of rotatable bonds is 4. The van der Waals surface area contributed by atoms with E-state index in [4.69, 9.17) is 4.52 Å². The lowest BCUT2D eigenvalue weighted by atomic mass is 10.2. The lowest BCUT2D eigenvalue weighted by Crippen LogP contribution is -2.44. The minimum absolute atomic E-state index is 0.00183. The van der Waals surface area contributed by atoms with Gasteiger partial charge in [-0.05, 0) is 24.3 Å². The fraction of sp³-hybridized carbons (Fsp3) is 0.462. The van der Waals surface area contributed by atoms with E-state index in [0.717, 1.165) is 17.7 Å². The number of nitrogens with zero attached hydrogens (tertiary/aromatic N) is 3. The largest absolute Gasteiger partial charge is 0.394 e. The Morgan fingerprint density at radius 2 is 2.52 bits per heavy atom. The van der Waals surface area contributed by atoms with Crippen molar-refractivity contribution >= 4 is 17.4 Å². The number of carbonyl (C=O) groups is 1. The lowest BCUT2D eigenvalue weighted by Gasteiger charge is -2.22. The highest BCUT2D eigenvalue weighted by Gasteiger charge is 2.28. The van der Waals surface area contributed by atoms with Gasteiger partial charge in [0.1, 0.15) is 0 Å². The zero-order valence-electron chi connectivity index (χ0n) is 11.4. The van der Waals surface area contributed by atoms with Gasteiger partial charge in [0.05, 0.1) is 24.1 Å². The third-order valence-electron chi connectivity index (χ3n) is 3.45. The highest BCUT2D eigenvalue weighted by molar-refractivity contribution is 7.13. The topological polar surface area (TPSA) is 91.5 Å². The minimum Gasteiger partial charge on any atom is -0.394 e. The van der Waals surface area contributed by atoms with Crippen LogP contribution in [0.4, 0.5) is 4.79 Å². The summed E-state index contributed by atoms with van der Waals surface area (Å²) in [6, 6.07) is 3.52. The van der Waals surface area contributed by atoms with Crippen molar-refractivity contribution in [3.8, 4) is 10.8 Å². The molecule has 1 unspecified atom stereocenters. The first-order valence-electron chi connectivity index (χ1n) is 6.79. The smallest absolute Gasteiger partial charge is 0.318 e. The second-order valence-electron chi connectivity index (χ2n) is 4.82. The van der Waals surface area contributed by atoms with Crippen LogP contribution >= 0.6 is 11.3 Å². The highest BCUT2D eigenvalue weighted by atomic mass is 32.1. The molecule has 0 bridgehead atoms. The molecule has 3 rings (SSSR count). The zero-order valence-corrected chi connectivity index (χ0v) is 12.2. The van der Waals surface area contributed by atoms with E-state index in [2.05, 4.69) is 15.5 Å². The van der Waals surface area contributed by atoms with Crippen molar-refractivity contribution in [1.29, 1.82) is 0 Å². The standard InChI is InChI=1S/C13H16N4O3S/c18-8-9-3-1-5-17(9)13(19)14-7-11-15-12(20-16-11)10-4-2-6-21-10/h2,4,6,9,18H,1,3,5,7-8H2,(H,14,19). The van der Waals surface area contributed by atoms with E-state index in [-0.39, 0.29) is 25.2 Å². The van der Waals surface area contributed by atoms with Crippen LogP contribution in [0.25, 0.3) is 10.8 Å². The zero-order chi connectivity index (χ0) is 14.7. The quantitative estimate of drug-likeness (QED) is 0.892. The predicted molar refractivity (Wildman–Crippen MR) is 76.7 cm³/mol. The Hall–Kier alpha value is -1.93. The van der Waals surface area contributed by atoms with Crippen molar-refractivity contribution < 1.29 is 14.4 Å². The van der Waals surface area contributed by atoms with E-state index in [1.165, 1.54) is 11.3 Å². The van der Waals surface area contributed by atoms with E-state index in [1.807, 2.05) is 17.5 Å². The number of thiophene rings is 1. The summed E-state index contributed by atoms with van der Waals surface area (Å²) in [5.74, 6) is 0.898. The molecule has 8 heteroatoms. The normalized spacial score (nSPS) is 18.1. The maximum absolute atomic E-state index is 12.0. The summed E-state index contributed by atoms with van der Waals surface area (Å²) in [4.78, 5) is 18.8. The molecule has 2 N–H and O–H groups in total. The number of urea groups is 1. The molecule has 0 aliphatic carbocycles. The Morgan fingerprint density at radius 3 is 3.29 bits per heavy atom. The lowest BCUT2D eigenvalue weighted by molar-refractivity contribution is 0.156. The number of hydrogen-bond donors (Lipinski definition) is 2. The van der Waals surface area contributed by atoms with Crippen LogP contribution in [-0.4, -0.2) is 45.4 Å². The first-order chi connectivity index (χ1) is 10.3. The molecule has 1 fully saturated rings. The second kappa shape index (κ2) is 6.23. The van der Waals surface area contributed by atoms with Gasteiger partial charge in [-0.15, -0.1) is 11.3 Å². The van der Waals surface area contributed by atoms with Crippen molar-refractivity contribution in [2.24, 2.45) is 0 Å². The number of aromatic nitrogens is 2. The molecule has 1 aliphatic heterocycles. The van der Waals surface area contributed by atoms with Crippen molar-refractivity contribution in [2.75, 3.05) is 13.2 Å². The summed E-state index contributed by atoms with van der Waals surface area (Å²) < 4.78 is 5.15. The van der Waals surface area contributed by atoms with E-state index in [1.54, 1.807) is 4.90 Å². The fourth-order valence-electron chi connectivity index (χ4n) is 2.38. The predicted octanol–water partition coefficient (Wildman–Crippen LogP) is 1.46. The first-order valence-corrected chi connectivity index (χ1v) is 7.67. The maximum atomic E-state index is 12.0. The van der Waals surface area contributed by atoms with Gasteiger partial charge in [0, 0.05) is 6.54 Å². The number of carbonyl (C=O) groups excluding carboxylic acids is 1. The third-order valence-corrected chi connectivity index (χ3v) is 4.30. The van der Waals surface area contributed by atoms with E-state index >= 15 is 0 Å². The molecule has 0 aromatic carbocycles. The van der Waals surface area contributed by atoms with Crippen molar-refractivity contribution in [2.45, 2.75) is 25.4 Å². The van der Waals surface area contributed by atoms with Crippen LogP contribution in [0.3, 0.4) is 0 Å². The number of hydrogen-bond acceptors (Lipinski definition) is 6. The van der Waals surface area contributed by atoms with Gasteiger partial charge in [-0.1, -0.05) is 11.2 Å². The van der Waals surface area contributed by atoms with Gasteiger partial charge >= 0.3 is 6.03 Å². The number of nitrogens with one attached hydrogen (secondary N) is 1. The van der Waals surface area contributed by atoms with Crippen LogP contribution in [0.5, 0.6) is 0 Å². The Morgan fingerprint density at radius 1 is 1.62 bits per heavy atom. The molecule has 0 saturated carbocycles. The molecule has 7 nitrogen and oxygen atoms in total. The SMILES string of the molecule is O=C(NCc1noc(-c2cccs2)n1)N1CCCC1CO. The van der Waals surface area contributed by atoms with Crippen LogP contribution < -0.4 is 5.32 Å². The minimum atomic E-state index is -0.200. The number of aliphatic hydroxyl groups excluding tert-OH is 1. The number of amides is 2. The highest BCUT2D eigenvalue weighted by Crippen LogP contribution is 2.22. The summed E-state index contributed by atoms with van der Waals surface area (Å²) in [7, 11) is 0. The molecule has 2 amide bonds. The number of aliphatic hydroxyl groups is 1. The van der Waals surface area contributed by atoms with Gasteiger partial charge < -0.3 is 19.8 Å². The average molecular weight is 308 g/mol. The summed E-state index contributed by atoms with van der Waals surface area (Å²) in [6.45, 7) is 0.879. The molecule has 3 heterocycles. The fourth-order valence-corrected chi connectivity index (χ4v) is 3.02. The van der Waals surface area contributed by atoms with Crippen LogP contribution in [0.15, 0.2) is 22.0 Å².